The minimum Gasteiger partial charge on any atom is -0.480 e. The molecule has 0 saturated heterocycles. The summed E-state index contributed by atoms with van der Waals surface area (Å²) >= 11 is 0. The van der Waals surface area contributed by atoms with Crippen molar-refractivity contribution in [2.45, 2.75) is 45.3 Å². The molecule has 2 aromatic carbocycles. The Morgan fingerprint density at radius 1 is 1.17 bits per heavy atom. The lowest BCUT2D eigenvalue weighted by Gasteiger charge is -2.38. The van der Waals surface area contributed by atoms with Crippen LogP contribution in [0.5, 0.6) is 0 Å². The Kier molecular flexibility index (Phi) is 8.70. The van der Waals surface area contributed by atoms with Gasteiger partial charge >= 0.3 is 12.1 Å². The van der Waals surface area contributed by atoms with Gasteiger partial charge in [0.25, 0.3) is 5.91 Å². The number of amides is 1. The summed E-state index contributed by atoms with van der Waals surface area (Å²) in [6, 6.07) is 7.79. The summed E-state index contributed by atoms with van der Waals surface area (Å²) in [5.41, 5.74) is -3.88. The molecule has 0 bridgehead atoms. The first kappa shape index (κ1) is 28.2. The first-order valence-electron chi connectivity index (χ1n) is 10.9. The van der Waals surface area contributed by atoms with Gasteiger partial charge in [0.05, 0.1) is 22.8 Å². The summed E-state index contributed by atoms with van der Waals surface area (Å²) in [7, 11) is 0. The van der Waals surface area contributed by atoms with Crippen LogP contribution in [0.2, 0.25) is 0 Å². The van der Waals surface area contributed by atoms with Crippen LogP contribution in [-0.4, -0.2) is 29.1 Å². The number of nitriles is 1. The molecule has 11 heteroatoms. The molecule has 0 spiro atoms. The van der Waals surface area contributed by atoms with Crippen molar-refractivity contribution in [3.8, 4) is 6.07 Å². The Labute approximate surface area is 206 Å². The van der Waals surface area contributed by atoms with Crippen molar-refractivity contribution >= 4 is 23.3 Å². The first-order valence-corrected chi connectivity index (χ1v) is 10.9. The smallest absolute Gasteiger partial charge is 0.417 e. The number of anilines is 2. The van der Waals surface area contributed by atoms with Gasteiger partial charge < -0.3 is 20.6 Å². The van der Waals surface area contributed by atoms with E-state index in [0.29, 0.717) is 19.0 Å². The van der Waals surface area contributed by atoms with Crippen LogP contribution >= 0.6 is 0 Å². The van der Waals surface area contributed by atoms with Crippen molar-refractivity contribution in [2.24, 2.45) is 0 Å². The number of rotatable bonds is 10. The first-order chi connectivity index (χ1) is 16.7. The monoisotopic (exact) mass is 506 g/mol. The second-order valence-electron chi connectivity index (χ2n) is 8.41. The van der Waals surface area contributed by atoms with Gasteiger partial charge in [-0.05, 0) is 56.7 Å². The fourth-order valence-corrected chi connectivity index (χ4v) is 3.39. The highest BCUT2D eigenvalue weighted by atomic mass is 19.4. The maximum absolute atomic E-state index is 14.9. The van der Waals surface area contributed by atoms with Crippen molar-refractivity contribution < 1.29 is 32.3 Å². The molecule has 0 fully saturated rings. The van der Waals surface area contributed by atoms with Crippen LogP contribution in [0.25, 0.3) is 0 Å². The molecule has 1 amide bonds. The van der Waals surface area contributed by atoms with E-state index in [4.69, 9.17) is 5.26 Å². The molecule has 2 aromatic rings. The van der Waals surface area contributed by atoms with Crippen molar-refractivity contribution in [1.82, 2.24) is 5.32 Å². The molecule has 0 unspecified atom stereocenters. The van der Waals surface area contributed by atoms with E-state index in [1.54, 1.807) is 0 Å². The number of carbonyl (C=O) groups is 2. The lowest BCUT2D eigenvalue weighted by atomic mass is 10.0. The number of hydrogen-bond acceptors (Lipinski definition) is 5. The maximum atomic E-state index is 14.9. The van der Waals surface area contributed by atoms with Crippen LogP contribution in [0.15, 0.2) is 48.8 Å². The largest absolute Gasteiger partial charge is 0.480 e. The van der Waals surface area contributed by atoms with Gasteiger partial charge in [0, 0.05) is 17.9 Å². The van der Waals surface area contributed by atoms with Crippen LogP contribution < -0.4 is 15.5 Å². The Balaban J connectivity index is 2.46. The van der Waals surface area contributed by atoms with Gasteiger partial charge in [0.15, 0.2) is 0 Å². The highest BCUT2D eigenvalue weighted by molar-refractivity contribution is 5.95. The highest BCUT2D eigenvalue weighted by Crippen LogP contribution is 2.35. The number of carboxylic acids is 1. The van der Waals surface area contributed by atoms with Crippen LogP contribution in [-0.2, 0) is 11.0 Å². The van der Waals surface area contributed by atoms with Gasteiger partial charge in [-0.25, -0.2) is 9.18 Å². The molecule has 0 atom stereocenters. The van der Waals surface area contributed by atoms with E-state index >= 15 is 0 Å². The Morgan fingerprint density at radius 3 is 2.36 bits per heavy atom. The van der Waals surface area contributed by atoms with Crippen molar-refractivity contribution in [1.29, 1.82) is 5.26 Å². The molecule has 192 valence electrons. The second-order valence-corrected chi connectivity index (χ2v) is 8.41. The molecule has 2 rings (SSSR count). The number of aliphatic carboxylic acids is 1. The standard InChI is InChI=1S/C25H26F4N4O3/c1-5-6-11-31-22(34)19-10-9-18(13-21(19)26)33(24(3,4)23(35)36)15(2)32-17-8-7-16(14-30)20(12-17)25(27,28)29/h7-10,12-13,32H,2,5-6,11H2,1,3-4H3,(H,31,34)(H,35,36). The SMILES string of the molecule is C=C(Nc1ccc(C#N)c(C(F)(F)F)c1)N(c1ccc(C(=O)NCCCC)c(F)c1)C(C)(C)C(=O)O. The maximum Gasteiger partial charge on any atom is 0.417 e. The third-order valence-electron chi connectivity index (χ3n) is 5.36. The fourth-order valence-electron chi connectivity index (χ4n) is 3.39. The molecule has 0 aliphatic heterocycles. The van der Waals surface area contributed by atoms with Crippen LogP contribution in [0.1, 0.15) is 55.1 Å². The number of nitrogens with zero attached hydrogens (tertiary/aromatic N) is 2. The van der Waals surface area contributed by atoms with E-state index in [1.165, 1.54) is 38.1 Å². The summed E-state index contributed by atoms with van der Waals surface area (Å²) in [5, 5.41) is 24.0. The van der Waals surface area contributed by atoms with E-state index < -0.39 is 40.5 Å². The lowest BCUT2D eigenvalue weighted by molar-refractivity contribution is -0.142. The normalized spacial score (nSPS) is 11.4. The molecule has 36 heavy (non-hydrogen) atoms. The topological polar surface area (TPSA) is 105 Å². The van der Waals surface area contributed by atoms with Crippen LogP contribution in [0.4, 0.5) is 28.9 Å². The molecule has 0 saturated carbocycles. The molecule has 0 aliphatic carbocycles. The van der Waals surface area contributed by atoms with Gasteiger partial charge in [-0.2, -0.15) is 18.4 Å². The average molecular weight is 507 g/mol. The van der Waals surface area contributed by atoms with E-state index in [2.05, 4.69) is 17.2 Å². The summed E-state index contributed by atoms with van der Waals surface area (Å²) in [4.78, 5) is 25.4. The predicted molar refractivity (Wildman–Crippen MR) is 127 cm³/mol. The molecular formula is C25H26F4N4O3. The summed E-state index contributed by atoms with van der Waals surface area (Å²) in [6.45, 7) is 8.64. The number of benzene rings is 2. The molecule has 0 aromatic heterocycles. The van der Waals surface area contributed by atoms with Crippen molar-refractivity contribution in [3.63, 3.8) is 0 Å². The number of unbranched alkanes of at least 4 members (excludes halogenated alkanes) is 1. The van der Waals surface area contributed by atoms with Gasteiger partial charge in [-0.15, -0.1) is 0 Å². The Morgan fingerprint density at radius 2 is 1.83 bits per heavy atom. The van der Waals surface area contributed by atoms with E-state index in [9.17, 15) is 32.3 Å². The third-order valence-corrected chi connectivity index (χ3v) is 5.36. The minimum absolute atomic E-state index is 0.00722. The fraction of sp³-hybridized carbons (Fsp3) is 0.320. The van der Waals surface area contributed by atoms with E-state index in [1.807, 2.05) is 6.92 Å². The quantitative estimate of drug-likeness (QED) is 0.290. The Hall–Kier alpha value is -4.07. The number of halogens is 4. The van der Waals surface area contributed by atoms with E-state index in [-0.39, 0.29) is 22.8 Å². The average Bonchev–Trinajstić information content (AvgIpc) is 2.78. The molecule has 7 nitrogen and oxygen atoms in total. The summed E-state index contributed by atoms with van der Waals surface area (Å²) < 4.78 is 54.9. The summed E-state index contributed by atoms with van der Waals surface area (Å²) in [6.07, 6.45) is -3.26. The number of alkyl halides is 3. The number of nitrogens with one attached hydrogen (secondary N) is 2. The molecule has 0 aliphatic rings. The minimum atomic E-state index is -4.80. The molecule has 0 heterocycles. The van der Waals surface area contributed by atoms with E-state index in [0.717, 1.165) is 23.5 Å². The van der Waals surface area contributed by atoms with Gasteiger partial charge in [-0.3, -0.25) is 4.79 Å². The number of carboxylic acid groups (broad SMARTS) is 1. The predicted octanol–water partition coefficient (Wildman–Crippen LogP) is 5.50. The van der Waals surface area contributed by atoms with Gasteiger partial charge in [0.1, 0.15) is 17.2 Å². The zero-order valence-electron chi connectivity index (χ0n) is 20.0. The zero-order chi connectivity index (χ0) is 27.3. The number of carbonyl (C=O) groups excluding carboxylic acids is 1. The molecular weight excluding hydrogens is 480 g/mol. The highest BCUT2D eigenvalue weighted by Gasteiger charge is 2.38. The zero-order valence-corrected chi connectivity index (χ0v) is 20.0. The van der Waals surface area contributed by atoms with Crippen molar-refractivity contribution in [3.05, 3.63) is 71.3 Å². The van der Waals surface area contributed by atoms with Crippen LogP contribution in [0.3, 0.4) is 0 Å². The lowest BCUT2D eigenvalue weighted by Crippen LogP contribution is -2.51. The van der Waals surface area contributed by atoms with Gasteiger partial charge in [-0.1, -0.05) is 19.9 Å². The molecule has 0 radical (unpaired) electrons. The number of hydrogen-bond donors (Lipinski definition) is 3. The van der Waals surface area contributed by atoms with Crippen LogP contribution in [0, 0.1) is 17.1 Å². The second kappa shape index (κ2) is 11.1. The summed E-state index contributed by atoms with van der Waals surface area (Å²) in [5.74, 6) is -3.06. The molecule has 3 N–H and O–H groups in total. The van der Waals surface area contributed by atoms with Gasteiger partial charge in [0.2, 0.25) is 0 Å². The third kappa shape index (κ3) is 6.33. The van der Waals surface area contributed by atoms with Crippen molar-refractivity contribution in [2.75, 3.05) is 16.8 Å². The Bertz CT molecular complexity index is 1200.